The summed E-state index contributed by atoms with van der Waals surface area (Å²) in [5, 5.41) is 11.2. The molecule has 1 aromatic carbocycles. The first-order valence-electron chi connectivity index (χ1n) is 7.25. The summed E-state index contributed by atoms with van der Waals surface area (Å²) in [5.41, 5.74) is 1.69. The van der Waals surface area contributed by atoms with Crippen LogP contribution in [0.15, 0.2) is 24.3 Å². The molecule has 0 saturated carbocycles. The van der Waals surface area contributed by atoms with Gasteiger partial charge in [-0.25, -0.2) is 4.98 Å². The second-order valence-electron chi connectivity index (χ2n) is 5.49. The normalized spacial score (nSPS) is 18.5. The number of aryl methyl sites for hydroxylation is 1. The van der Waals surface area contributed by atoms with Crippen molar-refractivity contribution in [3.05, 3.63) is 39.9 Å². The van der Waals surface area contributed by atoms with E-state index in [9.17, 15) is 9.90 Å². The van der Waals surface area contributed by atoms with Crippen molar-refractivity contribution in [3.63, 3.8) is 0 Å². The number of aliphatic hydroxyl groups excluding tert-OH is 1. The number of hydrogen-bond donors (Lipinski definition) is 1. The molecule has 116 valence electrons. The standard InChI is InChI=1S/C16H17ClN2O2S/c1-10-14(16(21)19-8-2-3-13(20)9-19)22-15(18-10)11-4-6-12(17)7-5-11/h4-7,13,20H,2-3,8-9H2,1H3/t13-/m0/s1. The topological polar surface area (TPSA) is 53.4 Å². The van der Waals surface area contributed by atoms with E-state index in [1.807, 2.05) is 31.2 Å². The van der Waals surface area contributed by atoms with Crippen LogP contribution < -0.4 is 0 Å². The van der Waals surface area contributed by atoms with E-state index in [1.165, 1.54) is 11.3 Å². The molecule has 1 N–H and O–H groups in total. The highest BCUT2D eigenvalue weighted by molar-refractivity contribution is 7.17. The number of amides is 1. The van der Waals surface area contributed by atoms with Crippen molar-refractivity contribution in [2.24, 2.45) is 0 Å². The molecule has 1 amide bonds. The van der Waals surface area contributed by atoms with Crippen LogP contribution in [0, 0.1) is 6.92 Å². The van der Waals surface area contributed by atoms with Crippen LogP contribution in [0.1, 0.15) is 28.2 Å². The third-order valence-electron chi connectivity index (χ3n) is 3.77. The molecule has 22 heavy (non-hydrogen) atoms. The molecule has 2 heterocycles. The van der Waals surface area contributed by atoms with Crippen molar-refractivity contribution in [2.75, 3.05) is 13.1 Å². The maximum atomic E-state index is 12.6. The van der Waals surface area contributed by atoms with E-state index in [2.05, 4.69) is 4.98 Å². The van der Waals surface area contributed by atoms with Crippen LogP contribution in [-0.2, 0) is 0 Å². The van der Waals surface area contributed by atoms with Crippen molar-refractivity contribution < 1.29 is 9.90 Å². The lowest BCUT2D eigenvalue weighted by Crippen LogP contribution is -2.42. The fraction of sp³-hybridized carbons (Fsp3) is 0.375. The number of β-amino-alcohol motifs (C(OH)–C–C–N with tert-alkyl or cyclic N) is 1. The molecule has 0 radical (unpaired) electrons. The van der Waals surface area contributed by atoms with Gasteiger partial charge in [-0.2, -0.15) is 0 Å². The predicted octanol–water partition coefficient (Wildman–Crippen LogP) is 3.37. The molecule has 3 rings (SSSR count). The van der Waals surface area contributed by atoms with Gasteiger partial charge in [-0.3, -0.25) is 4.79 Å². The zero-order valence-electron chi connectivity index (χ0n) is 12.3. The van der Waals surface area contributed by atoms with Gasteiger partial charge in [0, 0.05) is 23.7 Å². The predicted molar refractivity (Wildman–Crippen MR) is 88.4 cm³/mol. The Morgan fingerprint density at radius 3 is 2.82 bits per heavy atom. The number of halogens is 1. The van der Waals surface area contributed by atoms with Crippen LogP contribution in [0.5, 0.6) is 0 Å². The molecular formula is C16H17ClN2O2S. The Bertz CT molecular complexity index is 684. The molecule has 0 aliphatic carbocycles. The van der Waals surface area contributed by atoms with E-state index in [-0.39, 0.29) is 5.91 Å². The first-order valence-corrected chi connectivity index (χ1v) is 8.45. The largest absolute Gasteiger partial charge is 0.391 e. The molecule has 1 aliphatic heterocycles. The molecule has 1 aromatic heterocycles. The number of nitrogens with zero attached hydrogens (tertiary/aromatic N) is 2. The minimum absolute atomic E-state index is 0.0334. The van der Waals surface area contributed by atoms with E-state index in [0.29, 0.717) is 23.0 Å². The van der Waals surface area contributed by atoms with E-state index in [4.69, 9.17) is 11.6 Å². The molecule has 1 fully saturated rings. The average Bonchev–Trinajstić information content (AvgIpc) is 2.89. The molecule has 0 spiro atoms. The van der Waals surface area contributed by atoms with Gasteiger partial charge < -0.3 is 10.0 Å². The third-order valence-corrected chi connectivity index (χ3v) is 5.21. The fourth-order valence-electron chi connectivity index (χ4n) is 2.59. The zero-order valence-corrected chi connectivity index (χ0v) is 13.8. The Kier molecular flexibility index (Phi) is 4.47. The van der Waals surface area contributed by atoms with Crippen molar-refractivity contribution in [1.82, 2.24) is 9.88 Å². The Hall–Kier alpha value is -1.43. The molecule has 1 saturated heterocycles. The second-order valence-corrected chi connectivity index (χ2v) is 6.92. The first-order chi connectivity index (χ1) is 10.5. The lowest BCUT2D eigenvalue weighted by Gasteiger charge is -2.29. The van der Waals surface area contributed by atoms with Gasteiger partial charge in [-0.15, -0.1) is 11.3 Å². The quantitative estimate of drug-likeness (QED) is 0.914. The summed E-state index contributed by atoms with van der Waals surface area (Å²) < 4.78 is 0. The summed E-state index contributed by atoms with van der Waals surface area (Å²) >= 11 is 7.29. The summed E-state index contributed by atoms with van der Waals surface area (Å²) in [6.45, 7) is 2.96. The monoisotopic (exact) mass is 336 g/mol. The Labute approximate surface area is 138 Å². The summed E-state index contributed by atoms with van der Waals surface area (Å²) in [5.74, 6) is -0.0334. The lowest BCUT2D eigenvalue weighted by atomic mass is 10.1. The minimum Gasteiger partial charge on any atom is -0.391 e. The summed E-state index contributed by atoms with van der Waals surface area (Å²) in [6, 6.07) is 7.44. The Morgan fingerprint density at radius 2 is 2.14 bits per heavy atom. The van der Waals surface area contributed by atoms with Gasteiger partial charge in [0.05, 0.1) is 11.8 Å². The van der Waals surface area contributed by atoms with Crippen LogP contribution in [-0.4, -0.2) is 40.1 Å². The number of piperidine rings is 1. The van der Waals surface area contributed by atoms with Gasteiger partial charge in [-0.1, -0.05) is 23.7 Å². The molecule has 2 aromatic rings. The number of rotatable bonds is 2. The van der Waals surface area contributed by atoms with Crippen LogP contribution in [0.25, 0.3) is 10.6 Å². The van der Waals surface area contributed by atoms with Crippen LogP contribution in [0.3, 0.4) is 0 Å². The van der Waals surface area contributed by atoms with Gasteiger partial charge in [-0.05, 0) is 31.9 Å². The maximum absolute atomic E-state index is 12.6. The third kappa shape index (κ3) is 3.16. The van der Waals surface area contributed by atoms with Crippen molar-refractivity contribution in [1.29, 1.82) is 0 Å². The van der Waals surface area contributed by atoms with Crippen LogP contribution in [0.2, 0.25) is 5.02 Å². The smallest absolute Gasteiger partial charge is 0.265 e. The molecule has 0 unspecified atom stereocenters. The minimum atomic E-state index is -0.415. The molecule has 0 bridgehead atoms. The first kappa shape index (κ1) is 15.5. The zero-order chi connectivity index (χ0) is 15.7. The van der Waals surface area contributed by atoms with Crippen molar-refractivity contribution in [3.8, 4) is 10.6 Å². The fourth-order valence-corrected chi connectivity index (χ4v) is 3.76. The number of aromatic nitrogens is 1. The SMILES string of the molecule is Cc1nc(-c2ccc(Cl)cc2)sc1C(=O)N1CCC[C@H](O)C1. The molecular weight excluding hydrogens is 320 g/mol. The van der Waals surface area contributed by atoms with Crippen LogP contribution >= 0.6 is 22.9 Å². The van der Waals surface area contributed by atoms with Gasteiger partial charge in [0.2, 0.25) is 0 Å². The van der Waals surface area contributed by atoms with E-state index in [0.717, 1.165) is 29.1 Å². The highest BCUT2D eigenvalue weighted by Crippen LogP contribution is 2.30. The highest BCUT2D eigenvalue weighted by Gasteiger charge is 2.26. The average molecular weight is 337 g/mol. The Balaban J connectivity index is 1.85. The number of hydrogen-bond acceptors (Lipinski definition) is 4. The van der Waals surface area contributed by atoms with Gasteiger partial charge >= 0.3 is 0 Å². The van der Waals surface area contributed by atoms with Gasteiger partial charge in [0.25, 0.3) is 5.91 Å². The van der Waals surface area contributed by atoms with Gasteiger partial charge in [0.15, 0.2) is 0 Å². The number of aliphatic hydroxyl groups is 1. The highest BCUT2D eigenvalue weighted by atomic mass is 35.5. The number of likely N-dealkylation sites (tertiary alicyclic amines) is 1. The van der Waals surface area contributed by atoms with Gasteiger partial charge in [0.1, 0.15) is 9.88 Å². The lowest BCUT2D eigenvalue weighted by molar-refractivity contribution is 0.0477. The molecule has 4 nitrogen and oxygen atoms in total. The summed E-state index contributed by atoms with van der Waals surface area (Å²) in [6.07, 6.45) is 1.19. The summed E-state index contributed by atoms with van der Waals surface area (Å²) in [4.78, 5) is 19.5. The van der Waals surface area contributed by atoms with Crippen LogP contribution in [0.4, 0.5) is 0 Å². The van der Waals surface area contributed by atoms with E-state index >= 15 is 0 Å². The molecule has 1 aliphatic rings. The van der Waals surface area contributed by atoms with Crippen molar-refractivity contribution in [2.45, 2.75) is 25.9 Å². The van der Waals surface area contributed by atoms with Crippen molar-refractivity contribution >= 4 is 28.8 Å². The van der Waals surface area contributed by atoms with E-state index in [1.54, 1.807) is 4.90 Å². The number of carbonyl (C=O) groups is 1. The maximum Gasteiger partial charge on any atom is 0.265 e. The number of benzene rings is 1. The summed E-state index contributed by atoms with van der Waals surface area (Å²) in [7, 11) is 0. The Morgan fingerprint density at radius 1 is 1.41 bits per heavy atom. The second kappa shape index (κ2) is 6.36. The molecule has 1 atom stereocenters. The number of thiazole rings is 1. The molecule has 6 heteroatoms. The van der Waals surface area contributed by atoms with E-state index < -0.39 is 6.10 Å². The number of carbonyl (C=O) groups excluding carboxylic acids is 1.